The van der Waals surface area contributed by atoms with Crippen molar-refractivity contribution in [2.45, 2.75) is 26.1 Å². The predicted octanol–water partition coefficient (Wildman–Crippen LogP) is 1.90. The minimum absolute atomic E-state index is 0.375. The highest BCUT2D eigenvalue weighted by Crippen LogP contribution is 2.07. The maximum atomic E-state index is 11.8. The Hall–Kier alpha value is -2.76. The zero-order valence-electron chi connectivity index (χ0n) is 13.3. The van der Waals surface area contributed by atoms with Crippen molar-refractivity contribution in [3.05, 3.63) is 59.9 Å². The number of hydrogen-bond acceptors (Lipinski definition) is 3. The molecule has 0 bridgehead atoms. The van der Waals surface area contributed by atoms with Crippen LogP contribution in [0.15, 0.2) is 48.7 Å². The van der Waals surface area contributed by atoms with E-state index in [1.165, 1.54) is 12.7 Å². The summed E-state index contributed by atoms with van der Waals surface area (Å²) in [5, 5.41) is 5.27. The molecule has 122 valence electrons. The number of urea groups is 1. The molecule has 2 aromatic rings. The number of amides is 2. The molecule has 0 aliphatic carbocycles. The zero-order valence-corrected chi connectivity index (χ0v) is 13.3. The van der Waals surface area contributed by atoms with Crippen molar-refractivity contribution in [2.75, 3.05) is 7.11 Å². The Labute approximate surface area is 135 Å². The fourth-order valence-corrected chi connectivity index (χ4v) is 2.20. The lowest BCUT2D eigenvalue weighted by molar-refractivity contribution is -0.142. The van der Waals surface area contributed by atoms with E-state index in [9.17, 15) is 9.59 Å². The summed E-state index contributed by atoms with van der Waals surface area (Å²) in [5.74, 6) is -0.479. The Morgan fingerprint density at radius 1 is 1.17 bits per heavy atom. The second-order valence-corrected chi connectivity index (χ2v) is 5.18. The Morgan fingerprint density at radius 2 is 1.91 bits per heavy atom. The Kier molecular flexibility index (Phi) is 5.80. The minimum Gasteiger partial charge on any atom is -0.467 e. The molecule has 0 saturated heterocycles. The molecule has 2 N–H and O–H groups in total. The number of hydrogen-bond donors (Lipinski definition) is 2. The molecule has 0 aliphatic rings. The molecule has 2 rings (SSSR count). The fourth-order valence-electron chi connectivity index (χ4n) is 2.20. The number of benzene rings is 1. The van der Waals surface area contributed by atoms with Crippen molar-refractivity contribution in [3.8, 4) is 0 Å². The molecular formula is C17H21N3O3. The number of nitrogens with zero attached hydrogens (tertiary/aromatic N) is 1. The van der Waals surface area contributed by atoms with Crippen LogP contribution in [0.4, 0.5) is 4.79 Å². The lowest BCUT2D eigenvalue weighted by Crippen LogP contribution is -2.44. The molecule has 1 aromatic heterocycles. The number of nitrogens with one attached hydrogen (secondary N) is 2. The van der Waals surface area contributed by atoms with E-state index in [2.05, 4.69) is 32.1 Å². The second kappa shape index (κ2) is 8.03. The van der Waals surface area contributed by atoms with Crippen molar-refractivity contribution in [3.63, 3.8) is 0 Å². The number of methoxy groups -OCH3 is 1. The lowest BCUT2D eigenvalue weighted by Gasteiger charge is -2.14. The predicted molar refractivity (Wildman–Crippen MR) is 86.8 cm³/mol. The van der Waals surface area contributed by atoms with Gasteiger partial charge in [-0.15, -0.1) is 0 Å². The quantitative estimate of drug-likeness (QED) is 0.800. The first kappa shape index (κ1) is 16.6. The molecule has 1 atom stereocenters. The molecule has 0 unspecified atom stereocenters. The number of carbonyl (C=O) groups is 2. The van der Waals surface area contributed by atoms with Crippen LogP contribution in [0.5, 0.6) is 0 Å². The molecule has 0 aliphatic heterocycles. The Morgan fingerprint density at radius 3 is 2.61 bits per heavy atom. The second-order valence-electron chi connectivity index (χ2n) is 5.18. The highest BCUT2D eigenvalue weighted by atomic mass is 16.5. The SMILES string of the molecule is COC(=O)[C@@H](C)NC(=O)NCc1cccn1Cc1ccccc1. The van der Waals surface area contributed by atoms with E-state index in [0.29, 0.717) is 6.54 Å². The monoisotopic (exact) mass is 315 g/mol. The van der Waals surface area contributed by atoms with E-state index in [0.717, 1.165) is 12.2 Å². The van der Waals surface area contributed by atoms with Crippen molar-refractivity contribution >= 4 is 12.0 Å². The summed E-state index contributed by atoms with van der Waals surface area (Å²) >= 11 is 0. The van der Waals surface area contributed by atoms with Crippen LogP contribution in [-0.4, -0.2) is 29.7 Å². The lowest BCUT2D eigenvalue weighted by atomic mass is 10.2. The molecule has 6 nitrogen and oxygen atoms in total. The number of rotatable bonds is 6. The smallest absolute Gasteiger partial charge is 0.328 e. The summed E-state index contributed by atoms with van der Waals surface area (Å²) in [6, 6.07) is 12.9. The fraction of sp³-hybridized carbons (Fsp3) is 0.294. The van der Waals surface area contributed by atoms with Gasteiger partial charge in [0.1, 0.15) is 6.04 Å². The van der Waals surface area contributed by atoms with Gasteiger partial charge < -0.3 is 19.9 Å². The Bertz CT molecular complexity index is 652. The van der Waals surface area contributed by atoms with Gasteiger partial charge in [-0.25, -0.2) is 9.59 Å². The molecule has 23 heavy (non-hydrogen) atoms. The van der Waals surface area contributed by atoms with Gasteiger partial charge in [-0.2, -0.15) is 0 Å². The normalized spacial score (nSPS) is 11.6. The topological polar surface area (TPSA) is 72.4 Å². The van der Waals surface area contributed by atoms with Gasteiger partial charge >= 0.3 is 12.0 Å². The third-order valence-corrected chi connectivity index (χ3v) is 3.45. The van der Waals surface area contributed by atoms with Gasteiger partial charge in [0.2, 0.25) is 0 Å². The molecule has 0 saturated carbocycles. The summed E-state index contributed by atoms with van der Waals surface area (Å²) < 4.78 is 6.63. The van der Waals surface area contributed by atoms with Gasteiger partial charge in [-0.1, -0.05) is 30.3 Å². The highest BCUT2D eigenvalue weighted by Gasteiger charge is 2.15. The molecule has 1 heterocycles. The van der Waals surface area contributed by atoms with E-state index in [1.807, 2.05) is 36.5 Å². The van der Waals surface area contributed by atoms with Crippen molar-refractivity contribution < 1.29 is 14.3 Å². The van der Waals surface area contributed by atoms with Gasteiger partial charge in [0.25, 0.3) is 0 Å². The van der Waals surface area contributed by atoms with Gasteiger partial charge in [0, 0.05) is 18.4 Å². The maximum Gasteiger partial charge on any atom is 0.328 e. The van der Waals surface area contributed by atoms with Crippen LogP contribution in [0.2, 0.25) is 0 Å². The first-order valence-electron chi connectivity index (χ1n) is 7.40. The molecule has 1 aromatic carbocycles. The standard InChI is InChI=1S/C17H21N3O3/c1-13(16(21)23-2)19-17(22)18-11-15-9-6-10-20(15)12-14-7-4-3-5-8-14/h3-10,13H,11-12H2,1-2H3,(H2,18,19,22)/t13-/m1/s1. The largest absolute Gasteiger partial charge is 0.467 e. The zero-order chi connectivity index (χ0) is 16.7. The summed E-state index contributed by atoms with van der Waals surface area (Å²) in [7, 11) is 1.29. The molecular weight excluding hydrogens is 294 g/mol. The van der Waals surface area contributed by atoms with Crippen LogP contribution in [0.1, 0.15) is 18.2 Å². The van der Waals surface area contributed by atoms with Crippen LogP contribution in [-0.2, 0) is 22.6 Å². The van der Waals surface area contributed by atoms with Crippen molar-refractivity contribution in [2.24, 2.45) is 0 Å². The van der Waals surface area contributed by atoms with Crippen molar-refractivity contribution in [1.82, 2.24) is 15.2 Å². The van der Waals surface area contributed by atoms with Gasteiger partial charge in [0.05, 0.1) is 13.7 Å². The minimum atomic E-state index is -0.684. The van der Waals surface area contributed by atoms with Crippen LogP contribution in [0, 0.1) is 0 Å². The van der Waals surface area contributed by atoms with E-state index >= 15 is 0 Å². The van der Waals surface area contributed by atoms with Crippen LogP contribution < -0.4 is 10.6 Å². The maximum absolute atomic E-state index is 11.8. The van der Waals surface area contributed by atoms with Crippen LogP contribution in [0.3, 0.4) is 0 Å². The van der Waals surface area contributed by atoms with E-state index in [1.54, 1.807) is 6.92 Å². The number of aromatic nitrogens is 1. The molecule has 6 heteroatoms. The van der Waals surface area contributed by atoms with E-state index in [4.69, 9.17) is 0 Å². The van der Waals surface area contributed by atoms with E-state index < -0.39 is 18.0 Å². The number of ether oxygens (including phenoxy) is 1. The average Bonchev–Trinajstić information content (AvgIpc) is 3.00. The summed E-state index contributed by atoms with van der Waals surface area (Å²) in [4.78, 5) is 23.1. The molecule has 2 amide bonds. The van der Waals surface area contributed by atoms with Crippen LogP contribution in [0.25, 0.3) is 0 Å². The molecule has 0 spiro atoms. The highest BCUT2D eigenvalue weighted by molar-refractivity contribution is 5.83. The summed E-state index contributed by atoms with van der Waals surface area (Å²) in [5.41, 5.74) is 2.17. The first-order valence-corrected chi connectivity index (χ1v) is 7.40. The van der Waals surface area contributed by atoms with Crippen molar-refractivity contribution in [1.29, 1.82) is 0 Å². The average molecular weight is 315 g/mol. The molecule has 0 fully saturated rings. The Balaban J connectivity index is 1.88. The molecule has 0 radical (unpaired) electrons. The number of carbonyl (C=O) groups excluding carboxylic acids is 2. The number of esters is 1. The summed E-state index contributed by atoms with van der Waals surface area (Å²) in [6.07, 6.45) is 1.97. The third-order valence-electron chi connectivity index (χ3n) is 3.45. The van der Waals surface area contributed by atoms with Gasteiger partial charge in [0.15, 0.2) is 0 Å². The first-order chi connectivity index (χ1) is 11.1. The van der Waals surface area contributed by atoms with Gasteiger partial charge in [-0.05, 0) is 24.6 Å². The van der Waals surface area contributed by atoms with E-state index in [-0.39, 0.29) is 0 Å². The summed E-state index contributed by atoms with van der Waals surface area (Å²) in [6.45, 7) is 2.69. The van der Waals surface area contributed by atoms with Crippen LogP contribution >= 0.6 is 0 Å². The van der Waals surface area contributed by atoms with Gasteiger partial charge in [-0.3, -0.25) is 0 Å². The third kappa shape index (κ3) is 4.88.